The number of rotatable bonds is 6. The van der Waals surface area contributed by atoms with Gasteiger partial charge in [-0.2, -0.15) is 15.1 Å². The third-order valence-corrected chi connectivity index (χ3v) is 7.33. The molecule has 36 heavy (non-hydrogen) atoms. The van der Waals surface area contributed by atoms with Gasteiger partial charge in [-0.05, 0) is 60.9 Å². The number of hydrogen-bond acceptors (Lipinski definition) is 6. The largest absolute Gasteiger partial charge is 0.489 e. The molecular weight excluding hydrogens is 498 g/mol. The van der Waals surface area contributed by atoms with Crippen LogP contribution in [0.3, 0.4) is 0 Å². The number of ether oxygens (including phenoxy) is 1. The molecule has 10 heteroatoms. The Morgan fingerprint density at radius 2 is 1.86 bits per heavy atom. The second kappa shape index (κ2) is 10.7. The summed E-state index contributed by atoms with van der Waals surface area (Å²) in [6.07, 6.45) is 4.95. The third kappa shape index (κ3) is 5.37. The minimum Gasteiger partial charge on any atom is -0.489 e. The zero-order chi connectivity index (χ0) is 25.1. The lowest BCUT2D eigenvalue weighted by Gasteiger charge is -2.26. The Kier molecular flexibility index (Phi) is 7.20. The average molecular weight is 522 g/mol. The number of hydrazone groups is 1. The molecule has 0 atom stereocenters. The molecule has 2 aromatic rings. The van der Waals surface area contributed by atoms with Gasteiger partial charge in [0.1, 0.15) is 17.4 Å². The Hall–Kier alpha value is -3.43. The zero-order valence-electron chi connectivity index (χ0n) is 19.4. The first-order valence-corrected chi connectivity index (χ1v) is 12.9. The van der Waals surface area contributed by atoms with E-state index in [1.807, 2.05) is 29.2 Å². The van der Waals surface area contributed by atoms with Crippen molar-refractivity contribution in [2.45, 2.75) is 32.3 Å². The summed E-state index contributed by atoms with van der Waals surface area (Å²) >= 11 is 7.35. The molecule has 0 aromatic heterocycles. The zero-order valence-corrected chi connectivity index (χ0v) is 21.0. The molecule has 1 N–H and O–H groups in total. The second-order valence-electron chi connectivity index (χ2n) is 8.58. The molecule has 3 aliphatic rings. The topological polar surface area (TPSA) is 98.4 Å². The maximum absolute atomic E-state index is 12.7. The van der Waals surface area contributed by atoms with Crippen LogP contribution in [0.2, 0.25) is 5.02 Å². The van der Waals surface area contributed by atoms with Gasteiger partial charge in [-0.1, -0.05) is 41.9 Å². The van der Waals surface area contributed by atoms with Gasteiger partial charge in [0.15, 0.2) is 5.84 Å². The van der Waals surface area contributed by atoms with E-state index in [1.165, 1.54) is 16.8 Å². The molecule has 8 nitrogen and oxygen atoms in total. The molecule has 0 aliphatic carbocycles. The van der Waals surface area contributed by atoms with E-state index in [1.54, 1.807) is 30.3 Å². The van der Waals surface area contributed by atoms with E-state index in [0.29, 0.717) is 27.6 Å². The highest BCUT2D eigenvalue weighted by atomic mass is 35.5. The summed E-state index contributed by atoms with van der Waals surface area (Å²) in [4.78, 5) is 31.3. The molecule has 5 rings (SSSR count). The van der Waals surface area contributed by atoms with Crippen LogP contribution in [0, 0.1) is 5.41 Å². The molecule has 0 spiro atoms. The van der Waals surface area contributed by atoms with Crippen LogP contribution in [-0.2, 0) is 16.2 Å². The number of amidine groups is 2. The molecule has 0 bridgehead atoms. The van der Waals surface area contributed by atoms with Gasteiger partial charge in [-0.25, -0.2) is 0 Å². The van der Waals surface area contributed by atoms with Crippen LogP contribution in [0.15, 0.2) is 64.2 Å². The van der Waals surface area contributed by atoms with E-state index < -0.39 is 5.91 Å². The van der Waals surface area contributed by atoms with E-state index in [-0.39, 0.29) is 23.7 Å². The summed E-state index contributed by atoms with van der Waals surface area (Å²) in [6.45, 7) is 1.88. The number of amides is 2. The van der Waals surface area contributed by atoms with Gasteiger partial charge in [0.25, 0.3) is 5.91 Å². The molecule has 1 fully saturated rings. The number of halogens is 1. The summed E-state index contributed by atoms with van der Waals surface area (Å²) < 4.78 is 5.81. The van der Waals surface area contributed by atoms with E-state index >= 15 is 0 Å². The number of carbonyl (C=O) groups is 2. The predicted octanol–water partition coefficient (Wildman–Crippen LogP) is 4.94. The highest BCUT2D eigenvalue weighted by molar-refractivity contribution is 8.27. The Bertz CT molecular complexity index is 1300. The smallest absolute Gasteiger partial charge is 0.283 e. The monoisotopic (exact) mass is 521 g/mol. The second-order valence-corrected chi connectivity index (χ2v) is 10.0. The molecule has 2 aromatic carbocycles. The lowest BCUT2D eigenvalue weighted by atomic mass is 10.1. The predicted molar refractivity (Wildman–Crippen MR) is 142 cm³/mol. The standard InChI is InChI=1S/C26H24ClN5O3S/c27-21-7-3-2-6-18(21)16-35-19-10-8-17(9-11-19)14-20-24(28)32-26(29-25(20)34)36-22(30-32)15-23(33)31-12-4-1-5-13-31/h2-3,6-11,14,28H,1,4-5,12-13,15-16H2/b20-14-,28-24?. The number of benzene rings is 2. The quantitative estimate of drug-likeness (QED) is 0.543. The van der Waals surface area contributed by atoms with Crippen molar-refractivity contribution in [1.29, 1.82) is 5.41 Å². The fourth-order valence-electron chi connectivity index (χ4n) is 4.09. The minimum atomic E-state index is -0.503. The number of aliphatic imine (C=N–C) groups is 1. The van der Waals surface area contributed by atoms with Gasteiger partial charge < -0.3 is 9.64 Å². The number of fused-ring (bicyclic) bond motifs is 1. The van der Waals surface area contributed by atoms with Gasteiger partial charge in [-0.15, -0.1) is 0 Å². The number of nitrogens with one attached hydrogen (secondary N) is 1. The first-order chi connectivity index (χ1) is 17.5. The normalized spacial score (nSPS) is 18.8. The van der Waals surface area contributed by atoms with E-state index in [4.69, 9.17) is 21.7 Å². The first kappa shape index (κ1) is 24.3. The Labute approximate surface area is 218 Å². The van der Waals surface area contributed by atoms with E-state index in [9.17, 15) is 9.59 Å². The summed E-state index contributed by atoms with van der Waals surface area (Å²) in [5.41, 5.74) is 1.75. The fraction of sp³-hybridized carbons (Fsp3) is 0.269. The molecule has 1 saturated heterocycles. The average Bonchev–Trinajstić information content (AvgIpc) is 3.29. The van der Waals surface area contributed by atoms with E-state index in [0.717, 1.165) is 43.5 Å². The van der Waals surface area contributed by atoms with Gasteiger partial charge in [-0.3, -0.25) is 15.0 Å². The molecule has 0 saturated carbocycles. The van der Waals surface area contributed by atoms with Crippen molar-refractivity contribution in [3.63, 3.8) is 0 Å². The van der Waals surface area contributed by atoms with Crippen molar-refractivity contribution >= 4 is 57.3 Å². The highest BCUT2D eigenvalue weighted by Crippen LogP contribution is 2.30. The van der Waals surface area contributed by atoms with Crippen LogP contribution in [-0.4, -0.2) is 50.9 Å². The number of likely N-dealkylation sites (tertiary alicyclic amines) is 1. The number of piperidine rings is 1. The maximum Gasteiger partial charge on any atom is 0.283 e. The summed E-state index contributed by atoms with van der Waals surface area (Å²) in [6, 6.07) is 14.7. The molecule has 0 unspecified atom stereocenters. The van der Waals surface area contributed by atoms with Crippen LogP contribution in [0.1, 0.15) is 36.8 Å². The van der Waals surface area contributed by atoms with Crippen molar-refractivity contribution in [1.82, 2.24) is 9.91 Å². The fourth-order valence-corrected chi connectivity index (χ4v) is 5.16. The van der Waals surface area contributed by atoms with Crippen molar-refractivity contribution in [2.24, 2.45) is 10.1 Å². The molecule has 3 aliphatic heterocycles. The SMILES string of the molecule is N=C1/C(=C/c2ccc(OCc3ccccc3Cl)cc2)C(=O)N=C2SC(CC(=O)N3CCCCC3)=NN12. The Balaban J connectivity index is 1.25. The van der Waals surface area contributed by atoms with E-state index in [2.05, 4.69) is 10.1 Å². The molecule has 3 heterocycles. The van der Waals surface area contributed by atoms with Crippen LogP contribution >= 0.6 is 23.4 Å². The minimum absolute atomic E-state index is 0.0202. The highest BCUT2D eigenvalue weighted by Gasteiger charge is 2.36. The molecular formula is C26H24ClN5O3S. The van der Waals surface area contributed by atoms with Crippen LogP contribution < -0.4 is 4.74 Å². The summed E-state index contributed by atoms with van der Waals surface area (Å²) in [5.74, 6) is 0.117. The number of thioether (sulfide) groups is 1. The molecule has 184 valence electrons. The molecule has 2 amide bonds. The van der Waals surface area contributed by atoms with Gasteiger partial charge in [0.05, 0.1) is 12.0 Å². The van der Waals surface area contributed by atoms with Gasteiger partial charge >= 0.3 is 0 Å². The number of hydrogen-bond donors (Lipinski definition) is 1. The van der Waals surface area contributed by atoms with Crippen molar-refractivity contribution in [3.05, 3.63) is 70.3 Å². The lowest BCUT2D eigenvalue weighted by Crippen LogP contribution is -2.36. The molecule has 0 radical (unpaired) electrons. The van der Waals surface area contributed by atoms with Crippen molar-refractivity contribution in [2.75, 3.05) is 13.1 Å². The third-order valence-electron chi connectivity index (χ3n) is 6.05. The van der Waals surface area contributed by atoms with Crippen LogP contribution in [0.25, 0.3) is 6.08 Å². The van der Waals surface area contributed by atoms with Crippen molar-refractivity contribution in [3.8, 4) is 5.75 Å². The Morgan fingerprint density at radius 3 is 2.61 bits per heavy atom. The van der Waals surface area contributed by atoms with Crippen LogP contribution in [0.4, 0.5) is 0 Å². The lowest BCUT2D eigenvalue weighted by molar-refractivity contribution is -0.130. The van der Waals surface area contributed by atoms with Crippen molar-refractivity contribution < 1.29 is 14.3 Å². The first-order valence-electron chi connectivity index (χ1n) is 11.7. The van der Waals surface area contributed by atoms with Gasteiger partial charge in [0.2, 0.25) is 11.1 Å². The summed E-state index contributed by atoms with van der Waals surface area (Å²) in [7, 11) is 0. The maximum atomic E-state index is 12.7. The number of nitrogens with zero attached hydrogens (tertiary/aromatic N) is 4. The Morgan fingerprint density at radius 1 is 1.11 bits per heavy atom. The van der Waals surface area contributed by atoms with Crippen LogP contribution in [0.5, 0.6) is 5.75 Å². The van der Waals surface area contributed by atoms with Gasteiger partial charge in [0, 0.05) is 23.7 Å². The summed E-state index contributed by atoms with van der Waals surface area (Å²) in [5, 5.41) is 15.8. The number of carbonyl (C=O) groups excluding carboxylic acids is 2.